The molecule has 0 saturated heterocycles. The normalized spacial score (nSPS) is 14.6. The van der Waals surface area contributed by atoms with E-state index in [0.717, 1.165) is 64.2 Å². The van der Waals surface area contributed by atoms with E-state index in [9.17, 15) is 25.2 Å². The zero-order valence-electron chi connectivity index (χ0n) is 35.5. The van der Waals surface area contributed by atoms with Gasteiger partial charge in [0.25, 0.3) is 0 Å². The molecule has 6 nitrogen and oxygen atoms in total. The molecule has 5 N–H and O–H groups in total. The maximum Gasteiger partial charge on any atom is 0.249 e. The third kappa shape index (κ3) is 35.9. The number of carbonyl (C=O) groups excluding carboxylic acids is 1. The molecule has 0 spiro atoms. The monoisotopic (exact) mass is 760 g/mol. The standard InChI is InChI=1S/C48H89NO5/c1-3-5-7-9-11-13-15-17-19-21-22-23-24-25-26-28-29-31-33-35-37-39-41-45(51)47(53)44(43-50)49-48(54)46(52)42-40-38-36-34-32-30-27-20-18-16-14-12-10-8-6-4-2/h18,20,22-23,26,28,33,35,44-47,50-53H,3-17,19,21,24-25,27,29-32,34,36-43H2,1-2H3,(H,49,54)/b20-18-,23-22+,28-26+,35-33+. The fourth-order valence-electron chi connectivity index (χ4n) is 6.78. The van der Waals surface area contributed by atoms with E-state index in [1.54, 1.807) is 0 Å². The molecule has 0 rings (SSSR count). The summed E-state index contributed by atoms with van der Waals surface area (Å²) in [5.74, 6) is -0.606. The molecule has 4 atom stereocenters. The highest BCUT2D eigenvalue weighted by molar-refractivity contribution is 5.80. The van der Waals surface area contributed by atoms with Crippen molar-refractivity contribution >= 4 is 5.91 Å². The summed E-state index contributed by atoms with van der Waals surface area (Å²) in [5, 5.41) is 43.7. The van der Waals surface area contributed by atoms with Gasteiger partial charge >= 0.3 is 0 Å². The van der Waals surface area contributed by atoms with Crippen molar-refractivity contribution in [1.82, 2.24) is 5.32 Å². The molecule has 0 fully saturated rings. The minimum atomic E-state index is -1.30. The van der Waals surface area contributed by atoms with Gasteiger partial charge in [-0.1, -0.05) is 178 Å². The Morgan fingerprint density at radius 2 is 0.778 bits per heavy atom. The summed E-state index contributed by atoms with van der Waals surface area (Å²) in [6.07, 6.45) is 51.4. The second-order valence-electron chi connectivity index (χ2n) is 15.7. The van der Waals surface area contributed by atoms with Gasteiger partial charge in [0.15, 0.2) is 0 Å². The van der Waals surface area contributed by atoms with Gasteiger partial charge in [0, 0.05) is 0 Å². The van der Waals surface area contributed by atoms with Crippen LogP contribution in [0, 0.1) is 0 Å². The fraction of sp³-hybridized carbons (Fsp3) is 0.812. The lowest BCUT2D eigenvalue weighted by Crippen LogP contribution is -2.53. The summed E-state index contributed by atoms with van der Waals surface area (Å²) in [5.41, 5.74) is 0. The van der Waals surface area contributed by atoms with Crippen LogP contribution >= 0.6 is 0 Å². The third-order valence-corrected chi connectivity index (χ3v) is 10.5. The Kier molecular flexibility index (Phi) is 41.1. The summed E-state index contributed by atoms with van der Waals surface area (Å²) in [7, 11) is 0. The van der Waals surface area contributed by atoms with Gasteiger partial charge in [-0.25, -0.2) is 0 Å². The van der Waals surface area contributed by atoms with E-state index >= 15 is 0 Å². The predicted octanol–water partition coefficient (Wildman–Crippen LogP) is 12.3. The van der Waals surface area contributed by atoms with Crippen molar-refractivity contribution < 1.29 is 25.2 Å². The topological polar surface area (TPSA) is 110 Å². The molecule has 0 heterocycles. The van der Waals surface area contributed by atoms with Crippen molar-refractivity contribution in [1.29, 1.82) is 0 Å². The Morgan fingerprint density at radius 3 is 1.17 bits per heavy atom. The second kappa shape index (κ2) is 42.4. The van der Waals surface area contributed by atoms with E-state index in [4.69, 9.17) is 0 Å². The van der Waals surface area contributed by atoms with Crippen molar-refractivity contribution in [2.75, 3.05) is 6.61 Å². The van der Waals surface area contributed by atoms with Crippen molar-refractivity contribution in [3.05, 3.63) is 48.6 Å². The molecule has 0 radical (unpaired) electrons. The molecular formula is C48H89NO5. The van der Waals surface area contributed by atoms with Crippen LogP contribution in [0.3, 0.4) is 0 Å². The molecule has 1 amide bonds. The van der Waals surface area contributed by atoms with E-state index in [-0.39, 0.29) is 0 Å². The maximum absolute atomic E-state index is 12.5. The minimum absolute atomic E-state index is 0.350. The molecule has 0 aliphatic heterocycles. The lowest BCUT2D eigenvalue weighted by molar-refractivity contribution is -0.132. The number of allylic oxidation sites excluding steroid dienone is 8. The molecule has 0 aliphatic carbocycles. The molecular weight excluding hydrogens is 671 g/mol. The number of carbonyl (C=O) groups is 1. The number of unbranched alkanes of at least 4 members (excludes halogenated alkanes) is 24. The van der Waals surface area contributed by atoms with Crippen LogP contribution in [0.25, 0.3) is 0 Å². The van der Waals surface area contributed by atoms with Gasteiger partial charge in [0.05, 0.1) is 18.8 Å². The summed E-state index contributed by atoms with van der Waals surface area (Å²) >= 11 is 0. The fourth-order valence-corrected chi connectivity index (χ4v) is 6.78. The van der Waals surface area contributed by atoms with Gasteiger partial charge in [-0.15, -0.1) is 0 Å². The summed E-state index contributed by atoms with van der Waals surface area (Å²) < 4.78 is 0. The number of aliphatic hydroxyl groups is 4. The average molecular weight is 760 g/mol. The molecule has 54 heavy (non-hydrogen) atoms. The molecule has 0 aromatic rings. The zero-order chi connectivity index (χ0) is 39.6. The van der Waals surface area contributed by atoms with Gasteiger partial charge < -0.3 is 25.7 Å². The van der Waals surface area contributed by atoms with Crippen molar-refractivity contribution in [3.63, 3.8) is 0 Å². The van der Waals surface area contributed by atoms with Crippen LogP contribution < -0.4 is 5.32 Å². The molecule has 0 bridgehead atoms. The Hall–Kier alpha value is -1.73. The van der Waals surface area contributed by atoms with E-state index in [1.807, 2.05) is 0 Å². The van der Waals surface area contributed by atoms with Crippen LogP contribution in [0.1, 0.15) is 219 Å². The third-order valence-electron chi connectivity index (χ3n) is 10.5. The lowest BCUT2D eigenvalue weighted by atomic mass is 10.00. The lowest BCUT2D eigenvalue weighted by Gasteiger charge is -2.27. The van der Waals surface area contributed by atoms with Gasteiger partial charge in [0.2, 0.25) is 5.91 Å². The largest absolute Gasteiger partial charge is 0.394 e. The van der Waals surface area contributed by atoms with Crippen LogP contribution in [0.2, 0.25) is 0 Å². The first-order valence-electron chi connectivity index (χ1n) is 23.0. The van der Waals surface area contributed by atoms with Crippen LogP contribution in [-0.2, 0) is 4.79 Å². The van der Waals surface area contributed by atoms with Crippen LogP contribution in [0.4, 0.5) is 0 Å². The first kappa shape index (κ1) is 52.3. The van der Waals surface area contributed by atoms with E-state index in [1.165, 1.54) is 122 Å². The van der Waals surface area contributed by atoms with Gasteiger partial charge in [-0.2, -0.15) is 0 Å². The smallest absolute Gasteiger partial charge is 0.249 e. The number of hydrogen-bond acceptors (Lipinski definition) is 5. The van der Waals surface area contributed by atoms with Crippen molar-refractivity contribution in [3.8, 4) is 0 Å². The number of aliphatic hydroxyl groups excluding tert-OH is 4. The summed E-state index contributed by atoms with van der Waals surface area (Å²) in [6, 6.07) is -1.01. The Morgan fingerprint density at radius 1 is 0.444 bits per heavy atom. The average Bonchev–Trinajstić information content (AvgIpc) is 3.18. The first-order chi connectivity index (χ1) is 26.5. The van der Waals surface area contributed by atoms with Gasteiger partial charge in [0.1, 0.15) is 12.2 Å². The van der Waals surface area contributed by atoms with E-state index < -0.39 is 36.9 Å². The Balaban J connectivity index is 3.83. The SMILES string of the molecule is CCCCCCCC/C=C\CCCCCCCCC(O)C(=O)NC(CO)C(O)C(O)CCC/C=C/CC/C=C/CC/C=C/CCCCCCCCCCC. The molecule has 6 heteroatoms. The Bertz CT molecular complexity index is 900. The molecule has 0 aromatic heterocycles. The number of hydrogen-bond donors (Lipinski definition) is 5. The quantitative estimate of drug-likeness (QED) is 0.0315. The zero-order valence-corrected chi connectivity index (χ0v) is 35.5. The number of rotatable bonds is 41. The molecule has 0 saturated carbocycles. The highest BCUT2D eigenvalue weighted by Gasteiger charge is 2.28. The number of nitrogens with one attached hydrogen (secondary N) is 1. The predicted molar refractivity (Wildman–Crippen MR) is 233 cm³/mol. The maximum atomic E-state index is 12.5. The highest BCUT2D eigenvalue weighted by atomic mass is 16.3. The van der Waals surface area contributed by atoms with E-state index in [0.29, 0.717) is 19.3 Å². The summed E-state index contributed by atoms with van der Waals surface area (Å²) in [4.78, 5) is 12.5. The molecule has 0 aromatic carbocycles. The summed E-state index contributed by atoms with van der Waals surface area (Å²) in [6.45, 7) is 4.02. The number of amides is 1. The van der Waals surface area contributed by atoms with Crippen molar-refractivity contribution in [2.45, 2.75) is 244 Å². The molecule has 316 valence electrons. The van der Waals surface area contributed by atoms with Crippen LogP contribution in [0.15, 0.2) is 48.6 Å². The highest BCUT2D eigenvalue weighted by Crippen LogP contribution is 2.14. The molecule has 0 aliphatic rings. The van der Waals surface area contributed by atoms with Crippen LogP contribution in [0.5, 0.6) is 0 Å². The minimum Gasteiger partial charge on any atom is -0.394 e. The Labute approximate surface area is 334 Å². The van der Waals surface area contributed by atoms with Crippen molar-refractivity contribution in [2.24, 2.45) is 0 Å². The first-order valence-corrected chi connectivity index (χ1v) is 23.0. The van der Waals surface area contributed by atoms with Gasteiger partial charge in [-0.05, 0) is 89.9 Å². The molecule has 4 unspecified atom stereocenters. The van der Waals surface area contributed by atoms with Crippen LogP contribution in [-0.4, -0.2) is 57.3 Å². The van der Waals surface area contributed by atoms with E-state index in [2.05, 4.69) is 67.8 Å². The van der Waals surface area contributed by atoms with Gasteiger partial charge in [-0.3, -0.25) is 4.79 Å². The second-order valence-corrected chi connectivity index (χ2v) is 15.7.